The van der Waals surface area contributed by atoms with Crippen LogP contribution in [0.15, 0.2) is 30.3 Å². The lowest BCUT2D eigenvalue weighted by molar-refractivity contribution is 0.0593. The van der Waals surface area contributed by atoms with Crippen LogP contribution in [0, 0.1) is 0 Å². The summed E-state index contributed by atoms with van der Waals surface area (Å²) in [5.74, 6) is 0. The van der Waals surface area contributed by atoms with Gasteiger partial charge in [-0.2, -0.15) is 0 Å². The molecule has 0 spiro atoms. The van der Waals surface area contributed by atoms with E-state index in [1.165, 1.54) is 0 Å². The molecule has 3 nitrogen and oxygen atoms in total. The Labute approximate surface area is 91.0 Å². The van der Waals surface area contributed by atoms with Crippen LogP contribution in [0.4, 0.5) is 5.69 Å². The van der Waals surface area contributed by atoms with Gasteiger partial charge in [-0.1, -0.05) is 25.1 Å². The van der Waals surface area contributed by atoms with Crippen molar-refractivity contribution in [3.63, 3.8) is 0 Å². The van der Waals surface area contributed by atoms with E-state index in [2.05, 4.69) is 24.5 Å². The second-order valence-electron chi connectivity index (χ2n) is 3.66. The lowest BCUT2D eigenvalue weighted by Gasteiger charge is -2.24. The largest absolute Gasteiger partial charge is 0.357 e. The molecular formula is C12H17N2O. The molecule has 2 rings (SSSR count). The number of hydrogen-bond acceptors (Lipinski definition) is 2. The number of rotatable bonds is 4. The first-order chi connectivity index (χ1) is 7.42. The summed E-state index contributed by atoms with van der Waals surface area (Å²) in [5.41, 5.74) is 5.57. The highest BCUT2D eigenvalue weighted by atomic mass is 16.5. The average Bonchev–Trinajstić information content (AvgIpc) is 2.75. The molecule has 1 aromatic carbocycles. The molecule has 0 aliphatic carbocycles. The van der Waals surface area contributed by atoms with Crippen molar-refractivity contribution < 1.29 is 4.74 Å². The first-order valence-corrected chi connectivity index (χ1v) is 5.55. The molecular weight excluding hydrogens is 188 g/mol. The molecule has 1 fully saturated rings. The minimum absolute atomic E-state index is 0.132. The van der Waals surface area contributed by atoms with E-state index in [1.54, 1.807) is 0 Å². The second kappa shape index (κ2) is 5.14. The predicted molar refractivity (Wildman–Crippen MR) is 60.6 cm³/mol. The Hall–Kier alpha value is -1.06. The highest BCUT2D eigenvalue weighted by molar-refractivity contribution is 5.45. The maximum absolute atomic E-state index is 5.75. The van der Waals surface area contributed by atoms with Gasteiger partial charge in [-0.15, -0.1) is 5.43 Å². The van der Waals surface area contributed by atoms with Crippen LogP contribution in [0.25, 0.3) is 0 Å². The molecule has 1 radical (unpaired) electrons. The second-order valence-corrected chi connectivity index (χ2v) is 3.66. The van der Waals surface area contributed by atoms with E-state index in [-0.39, 0.29) is 6.23 Å². The van der Waals surface area contributed by atoms with Crippen molar-refractivity contribution in [1.29, 1.82) is 0 Å². The normalized spacial score (nSPS) is 20.9. The number of anilines is 1. The zero-order valence-electron chi connectivity index (χ0n) is 9.10. The van der Waals surface area contributed by atoms with Crippen molar-refractivity contribution >= 4 is 5.69 Å². The number of nitrogens with zero attached hydrogens (tertiary/aromatic N) is 2. The summed E-state index contributed by atoms with van der Waals surface area (Å²) in [6, 6.07) is 10.2. The van der Waals surface area contributed by atoms with Gasteiger partial charge in [0.1, 0.15) is 6.23 Å². The Balaban J connectivity index is 2.01. The van der Waals surface area contributed by atoms with Gasteiger partial charge < -0.3 is 4.74 Å². The fraction of sp³-hybridized carbons (Fsp3) is 0.500. The molecule has 1 aliphatic heterocycles. The summed E-state index contributed by atoms with van der Waals surface area (Å²) in [6.45, 7) is 3.80. The Morgan fingerprint density at radius 3 is 2.93 bits per heavy atom. The molecule has 1 aliphatic rings. The minimum Gasteiger partial charge on any atom is -0.357 e. The van der Waals surface area contributed by atoms with Gasteiger partial charge in [0.05, 0.1) is 5.69 Å². The van der Waals surface area contributed by atoms with Gasteiger partial charge in [0.15, 0.2) is 0 Å². The molecule has 0 amide bonds. The summed E-state index contributed by atoms with van der Waals surface area (Å²) in [4.78, 5) is 0. The summed E-state index contributed by atoms with van der Waals surface area (Å²) < 4.78 is 5.75. The third kappa shape index (κ3) is 2.49. The smallest absolute Gasteiger partial charge is 0.147 e. The lowest BCUT2D eigenvalue weighted by atomic mass is 10.3. The highest BCUT2D eigenvalue weighted by Crippen LogP contribution is 2.21. The number of hydrogen-bond donors (Lipinski definition) is 0. The topological polar surface area (TPSA) is 26.6 Å². The van der Waals surface area contributed by atoms with Crippen molar-refractivity contribution in [3.8, 4) is 0 Å². The molecule has 15 heavy (non-hydrogen) atoms. The molecule has 0 N–H and O–H groups in total. The fourth-order valence-electron chi connectivity index (χ4n) is 1.73. The van der Waals surface area contributed by atoms with Crippen LogP contribution < -0.4 is 10.4 Å². The number of ether oxygens (including phenoxy) is 1. The molecule has 1 atom stereocenters. The quantitative estimate of drug-likeness (QED) is 0.753. The van der Waals surface area contributed by atoms with Crippen molar-refractivity contribution in [1.82, 2.24) is 5.43 Å². The maximum atomic E-state index is 5.75. The lowest BCUT2D eigenvalue weighted by Crippen LogP contribution is -2.34. The zero-order chi connectivity index (χ0) is 10.5. The van der Waals surface area contributed by atoms with Gasteiger partial charge in [0.25, 0.3) is 0 Å². The molecule has 1 heterocycles. The molecule has 0 saturated carbocycles. The molecule has 0 aromatic heterocycles. The van der Waals surface area contributed by atoms with Crippen molar-refractivity contribution in [2.75, 3.05) is 18.2 Å². The van der Waals surface area contributed by atoms with E-state index in [1.807, 2.05) is 23.2 Å². The predicted octanol–water partition coefficient (Wildman–Crippen LogP) is 2.17. The van der Waals surface area contributed by atoms with Crippen molar-refractivity contribution in [3.05, 3.63) is 30.3 Å². The highest BCUT2D eigenvalue weighted by Gasteiger charge is 2.26. The van der Waals surface area contributed by atoms with E-state index < -0.39 is 0 Å². The summed E-state index contributed by atoms with van der Waals surface area (Å²) in [5, 5.41) is 2.00. The van der Waals surface area contributed by atoms with Gasteiger partial charge in [0, 0.05) is 19.6 Å². The Morgan fingerprint density at radius 1 is 1.40 bits per heavy atom. The summed E-state index contributed by atoms with van der Waals surface area (Å²) >= 11 is 0. The van der Waals surface area contributed by atoms with E-state index in [9.17, 15) is 0 Å². The van der Waals surface area contributed by atoms with Crippen LogP contribution in [0.1, 0.15) is 19.8 Å². The standard InChI is InChI=1S/C12H17N2O/c1-2-10-15-12-8-9-13-14(12)11-6-4-3-5-7-11/h3-7,12H,2,8-10H2,1H3. The number of para-hydroxylation sites is 1. The van der Waals surface area contributed by atoms with Gasteiger partial charge in [0.2, 0.25) is 0 Å². The fourth-order valence-corrected chi connectivity index (χ4v) is 1.73. The SMILES string of the molecule is CCCOC1CC[N]N1c1ccccc1. The molecule has 0 bridgehead atoms. The van der Waals surface area contributed by atoms with Crippen molar-refractivity contribution in [2.45, 2.75) is 26.0 Å². The minimum atomic E-state index is 0.132. The van der Waals surface area contributed by atoms with Gasteiger partial charge >= 0.3 is 0 Å². The first-order valence-electron chi connectivity index (χ1n) is 5.55. The number of benzene rings is 1. The summed E-state index contributed by atoms with van der Waals surface area (Å²) in [6.07, 6.45) is 2.18. The Bertz CT molecular complexity index is 289. The molecule has 1 aromatic rings. The molecule has 81 valence electrons. The van der Waals surface area contributed by atoms with Gasteiger partial charge in [-0.25, -0.2) is 0 Å². The van der Waals surface area contributed by atoms with E-state index in [4.69, 9.17) is 4.74 Å². The maximum Gasteiger partial charge on any atom is 0.147 e. The zero-order valence-corrected chi connectivity index (χ0v) is 9.10. The Kier molecular flexibility index (Phi) is 3.59. The molecule has 1 saturated heterocycles. The van der Waals surface area contributed by atoms with E-state index in [0.717, 1.165) is 31.7 Å². The van der Waals surface area contributed by atoms with E-state index >= 15 is 0 Å². The van der Waals surface area contributed by atoms with Crippen LogP contribution >= 0.6 is 0 Å². The third-order valence-electron chi connectivity index (χ3n) is 2.44. The molecule has 1 unspecified atom stereocenters. The third-order valence-corrected chi connectivity index (χ3v) is 2.44. The van der Waals surface area contributed by atoms with Crippen molar-refractivity contribution in [2.24, 2.45) is 0 Å². The van der Waals surface area contributed by atoms with Crippen LogP contribution in [0.3, 0.4) is 0 Å². The van der Waals surface area contributed by atoms with E-state index in [0.29, 0.717) is 0 Å². The summed E-state index contributed by atoms with van der Waals surface area (Å²) in [7, 11) is 0. The van der Waals surface area contributed by atoms with Gasteiger partial charge in [-0.3, -0.25) is 5.01 Å². The van der Waals surface area contributed by atoms with Gasteiger partial charge in [-0.05, 0) is 18.6 Å². The van der Waals surface area contributed by atoms with Crippen LogP contribution in [-0.4, -0.2) is 19.4 Å². The molecule has 3 heteroatoms. The van der Waals surface area contributed by atoms with Crippen LogP contribution in [0.2, 0.25) is 0 Å². The van der Waals surface area contributed by atoms with Crippen LogP contribution in [-0.2, 0) is 4.74 Å². The first kappa shape index (κ1) is 10.5. The van der Waals surface area contributed by atoms with Crippen LogP contribution in [0.5, 0.6) is 0 Å². The average molecular weight is 205 g/mol. The Morgan fingerprint density at radius 2 is 2.20 bits per heavy atom. The monoisotopic (exact) mass is 205 g/mol.